The molecule has 5 rings (SSSR count). The predicted molar refractivity (Wildman–Crippen MR) is 89.9 cm³/mol. The number of aliphatic hydroxyl groups is 1. The Labute approximate surface area is 143 Å². The van der Waals surface area contributed by atoms with Crippen molar-refractivity contribution in [2.75, 3.05) is 0 Å². The van der Waals surface area contributed by atoms with Crippen molar-refractivity contribution in [1.29, 1.82) is 0 Å². The molecule has 23 heavy (non-hydrogen) atoms. The highest BCUT2D eigenvalue weighted by Crippen LogP contribution is 2.82. The van der Waals surface area contributed by atoms with Gasteiger partial charge in [-0.2, -0.15) is 0 Å². The van der Waals surface area contributed by atoms with Gasteiger partial charge >= 0.3 is 0 Å². The Bertz CT molecular complexity index is 640. The van der Waals surface area contributed by atoms with Crippen molar-refractivity contribution in [2.45, 2.75) is 71.3 Å². The van der Waals surface area contributed by atoms with Crippen LogP contribution in [0.4, 0.5) is 0 Å². The Morgan fingerprint density at radius 3 is 2.70 bits per heavy atom. The quantitative estimate of drug-likeness (QED) is 0.710. The standard InChI is InChI=1S/C20H27ClO2/c1-18-7-6-15(22)17(21)14(18)4-3-13-12(18)5-8-19(2)16(23)9-11-10-20(11,13)19/h11-13,16,23H,3-10H2,1-2H3/t11-,12?,13?,16-,18+,19+,20+/m0/s1. The first kappa shape index (κ1) is 15.0. The molecule has 3 heteroatoms. The molecule has 1 N–H and O–H groups in total. The van der Waals surface area contributed by atoms with Gasteiger partial charge in [-0.1, -0.05) is 25.4 Å². The van der Waals surface area contributed by atoms with Gasteiger partial charge in [-0.25, -0.2) is 0 Å². The van der Waals surface area contributed by atoms with Gasteiger partial charge in [0.1, 0.15) is 0 Å². The first-order valence-electron chi connectivity index (χ1n) is 9.45. The smallest absolute Gasteiger partial charge is 0.174 e. The Kier molecular flexibility index (Phi) is 2.76. The van der Waals surface area contributed by atoms with Crippen LogP contribution in [0.25, 0.3) is 0 Å². The molecule has 5 aliphatic rings. The minimum atomic E-state index is -0.0940. The molecule has 2 nitrogen and oxygen atoms in total. The molecule has 2 unspecified atom stereocenters. The number of halogens is 1. The molecular formula is C20H27ClO2. The number of Topliss-reactive ketones (excluding diaryl/α,β-unsaturated/α-hetero) is 1. The number of fused-ring (bicyclic) bond motifs is 3. The number of hydrogen-bond acceptors (Lipinski definition) is 2. The van der Waals surface area contributed by atoms with Gasteiger partial charge < -0.3 is 5.11 Å². The van der Waals surface area contributed by atoms with E-state index in [9.17, 15) is 9.90 Å². The molecule has 126 valence electrons. The Balaban J connectivity index is 1.59. The summed E-state index contributed by atoms with van der Waals surface area (Å²) in [5, 5.41) is 11.2. The van der Waals surface area contributed by atoms with Crippen molar-refractivity contribution < 1.29 is 9.90 Å². The lowest BCUT2D eigenvalue weighted by atomic mass is 9.45. The number of hydrogen-bond donors (Lipinski definition) is 1. The monoisotopic (exact) mass is 334 g/mol. The second-order valence-electron chi connectivity index (χ2n) is 9.53. The van der Waals surface area contributed by atoms with E-state index in [1.807, 2.05) is 0 Å². The van der Waals surface area contributed by atoms with E-state index in [0.717, 1.165) is 37.5 Å². The maximum atomic E-state index is 12.1. The Morgan fingerprint density at radius 2 is 1.91 bits per heavy atom. The van der Waals surface area contributed by atoms with Gasteiger partial charge in [-0.05, 0) is 84.5 Å². The van der Waals surface area contributed by atoms with E-state index in [0.29, 0.717) is 22.8 Å². The van der Waals surface area contributed by atoms with Crippen LogP contribution in [0.3, 0.4) is 0 Å². The lowest BCUT2D eigenvalue weighted by Crippen LogP contribution is -2.53. The van der Waals surface area contributed by atoms with E-state index < -0.39 is 0 Å². The molecular weight excluding hydrogens is 308 g/mol. The van der Waals surface area contributed by atoms with Crippen molar-refractivity contribution in [3.63, 3.8) is 0 Å². The first-order valence-corrected chi connectivity index (χ1v) is 9.83. The average Bonchev–Trinajstić information content (AvgIpc) is 3.17. The fraction of sp³-hybridized carbons (Fsp3) is 0.850. The van der Waals surface area contributed by atoms with Gasteiger partial charge in [0.2, 0.25) is 0 Å². The number of rotatable bonds is 0. The van der Waals surface area contributed by atoms with Gasteiger partial charge in [0.15, 0.2) is 5.78 Å². The summed E-state index contributed by atoms with van der Waals surface area (Å²) in [5.74, 6) is 2.31. The Morgan fingerprint density at radius 1 is 1.13 bits per heavy atom. The second kappa shape index (κ2) is 4.25. The van der Waals surface area contributed by atoms with Gasteiger partial charge in [0.25, 0.3) is 0 Å². The van der Waals surface area contributed by atoms with Gasteiger partial charge in [0, 0.05) is 6.42 Å². The minimum absolute atomic E-state index is 0.0940. The van der Waals surface area contributed by atoms with Crippen LogP contribution >= 0.6 is 11.6 Å². The van der Waals surface area contributed by atoms with Crippen LogP contribution in [0.15, 0.2) is 10.6 Å². The highest BCUT2D eigenvalue weighted by Gasteiger charge is 2.77. The molecule has 0 saturated heterocycles. The fourth-order valence-electron chi connectivity index (χ4n) is 7.85. The second-order valence-corrected chi connectivity index (χ2v) is 9.91. The zero-order valence-electron chi connectivity index (χ0n) is 14.2. The lowest BCUT2D eigenvalue weighted by molar-refractivity contribution is -0.120. The van der Waals surface area contributed by atoms with E-state index >= 15 is 0 Å². The molecule has 0 aromatic heterocycles. The zero-order chi connectivity index (χ0) is 16.2. The van der Waals surface area contributed by atoms with Crippen LogP contribution in [0, 0.1) is 34.0 Å². The summed E-state index contributed by atoms with van der Waals surface area (Å²) >= 11 is 6.46. The maximum absolute atomic E-state index is 12.1. The highest BCUT2D eigenvalue weighted by molar-refractivity contribution is 6.43. The normalized spacial score (nSPS) is 57.5. The molecule has 0 aromatic carbocycles. The SMILES string of the molecule is C[C@]12CCC(=O)C(Cl)=C1CCC1C2CC[C@]2(C)[C@@H](O)C[C@H]3C[C@]132. The number of carbonyl (C=O) groups is 1. The van der Waals surface area contributed by atoms with Crippen LogP contribution in [0.1, 0.15) is 65.2 Å². The summed E-state index contributed by atoms with van der Waals surface area (Å²) in [6.45, 7) is 4.75. The summed E-state index contributed by atoms with van der Waals surface area (Å²) in [7, 11) is 0. The fourth-order valence-corrected chi connectivity index (χ4v) is 8.26. The highest BCUT2D eigenvalue weighted by atomic mass is 35.5. The van der Waals surface area contributed by atoms with Gasteiger partial charge in [0.05, 0.1) is 11.1 Å². The molecule has 1 spiro atoms. The maximum Gasteiger partial charge on any atom is 0.174 e. The third-order valence-corrected chi connectivity index (χ3v) is 9.61. The van der Waals surface area contributed by atoms with E-state index in [2.05, 4.69) is 13.8 Å². The molecule has 4 saturated carbocycles. The molecule has 4 fully saturated rings. The van der Waals surface area contributed by atoms with Crippen LogP contribution < -0.4 is 0 Å². The van der Waals surface area contributed by atoms with Gasteiger partial charge in [-0.15, -0.1) is 0 Å². The molecule has 0 heterocycles. The zero-order valence-corrected chi connectivity index (χ0v) is 15.0. The molecule has 5 aliphatic carbocycles. The molecule has 0 aliphatic heterocycles. The summed E-state index contributed by atoms with van der Waals surface area (Å²) < 4.78 is 0. The lowest BCUT2D eigenvalue weighted by Gasteiger charge is -2.59. The topological polar surface area (TPSA) is 37.3 Å². The van der Waals surface area contributed by atoms with Crippen molar-refractivity contribution >= 4 is 17.4 Å². The largest absolute Gasteiger partial charge is 0.393 e. The molecule has 7 atom stereocenters. The number of allylic oxidation sites excluding steroid dienone is 1. The van der Waals surface area contributed by atoms with E-state index in [1.54, 1.807) is 0 Å². The van der Waals surface area contributed by atoms with Crippen molar-refractivity contribution in [1.82, 2.24) is 0 Å². The summed E-state index contributed by atoms with van der Waals surface area (Å²) in [6, 6.07) is 0. The van der Waals surface area contributed by atoms with Crippen LogP contribution in [-0.2, 0) is 4.79 Å². The number of carbonyl (C=O) groups excluding carboxylic acids is 1. The average molecular weight is 335 g/mol. The summed E-state index contributed by atoms with van der Waals surface area (Å²) in [5.41, 5.74) is 1.94. The van der Waals surface area contributed by atoms with Crippen molar-refractivity contribution in [3.8, 4) is 0 Å². The van der Waals surface area contributed by atoms with Crippen LogP contribution in [0.5, 0.6) is 0 Å². The molecule has 0 radical (unpaired) electrons. The van der Waals surface area contributed by atoms with Gasteiger partial charge in [-0.3, -0.25) is 4.79 Å². The minimum Gasteiger partial charge on any atom is -0.393 e. The van der Waals surface area contributed by atoms with Crippen molar-refractivity contribution in [3.05, 3.63) is 10.6 Å². The van der Waals surface area contributed by atoms with Crippen molar-refractivity contribution in [2.24, 2.45) is 34.0 Å². The number of aliphatic hydroxyl groups excluding tert-OH is 1. The van der Waals surface area contributed by atoms with E-state index in [-0.39, 0.29) is 22.7 Å². The molecule has 0 bridgehead atoms. The predicted octanol–water partition coefficient (Wildman–Crippen LogP) is 4.45. The van der Waals surface area contributed by atoms with Crippen LogP contribution in [-0.4, -0.2) is 17.0 Å². The van der Waals surface area contributed by atoms with E-state index in [4.69, 9.17) is 11.6 Å². The molecule has 0 amide bonds. The summed E-state index contributed by atoms with van der Waals surface area (Å²) in [6.07, 6.45) is 8.41. The van der Waals surface area contributed by atoms with Crippen LogP contribution in [0.2, 0.25) is 0 Å². The third kappa shape index (κ3) is 1.50. The third-order valence-electron chi connectivity index (χ3n) is 9.18. The number of ketones is 1. The summed E-state index contributed by atoms with van der Waals surface area (Å²) in [4.78, 5) is 12.1. The first-order chi connectivity index (χ1) is 10.8. The Hall–Kier alpha value is -0.340. The van der Waals surface area contributed by atoms with E-state index in [1.165, 1.54) is 24.8 Å². The molecule has 0 aromatic rings.